The fraction of sp³-hybridized carbons (Fsp3) is 0.375. The molecular formula is C16H18Cl2N2O3. The summed E-state index contributed by atoms with van der Waals surface area (Å²) in [7, 11) is 1.55. The number of rotatable bonds is 3. The van der Waals surface area contributed by atoms with Crippen LogP contribution in [0.1, 0.15) is 27.7 Å². The van der Waals surface area contributed by atoms with Crippen LogP contribution in [0.4, 0.5) is 10.5 Å². The van der Waals surface area contributed by atoms with E-state index < -0.39 is 11.9 Å². The molecule has 2 rings (SSSR count). The standard InChI is InChI=1S/C16H18Cl2N2O3/c1-8(2)14-15(21)20(16(22)19(14)5)12-7-13(23-9(3)4)11(18)6-10(12)17/h6-7,9H,1-5H3. The van der Waals surface area contributed by atoms with Crippen molar-refractivity contribution in [2.75, 3.05) is 11.9 Å². The highest BCUT2D eigenvalue weighted by Gasteiger charge is 2.41. The fourth-order valence-corrected chi connectivity index (χ4v) is 2.89. The van der Waals surface area contributed by atoms with Gasteiger partial charge in [0, 0.05) is 13.1 Å². The van der Waals surface area contributed by atoms with Gasteiger partial charge in [0.05, 0.1) is 21.8 Å². The molecule has 5 nitrogen and oxygen atoms in total. The topological polar surface area (TPSA) is 49.9 Å². The third kappa shape index (κ3) is 3.16. The smallest absolute Gasteiger partial charge is 0.336 e. The van der Waals surface area contributed by atoms with Crippen LogP contribution >= 0.6 is 23.2 Å². The quantitative estimate of drug-likeness (QED) is 0.592. The summed E-state index contributed by atoms with van der Waals surface area (Å²) in [5.74, 6) is -0.0489. The van der Waals surface area contributed by atoms with Crippen LogP contribution in [-0.2, 0) is 4.79 Å². The van der Waals surface area contributed by atoms with Crippen LogP contribution in [0.15, 0.2) is 23.4 Å². The second-order valence-corrected chi connectivity index (χ2v) is 6.55. The Labute approximate surface area is 145 Å². The van der Waals surface area contributed by atoms with E-state index in [4.69, 9.17) is 27.9 Å². The number of nitrogens with zero attached hydrogens (tertiary/aromatic N) is 2. The van der Waals surface area contributed by atoms with E-state index in [1.807, 2.05) is 13.8 Å². The minimum absolute atomic E-state index is 0.109. The van der Waals surface area contributed by atoms with Crippen LogP contribution < -0.4 is 9.64 Å². The number of carbonyl (C=O) groups is 2. The highest BCUT2D eigenvalue weighted by atomic mass is 35.5. The Morgan fingerprint density at radius 2 is 1.74 bits per heavy atom. The van der Waals surface area contributed by atoms with Crippen molar-refractivity contribution in [3.8, 4) is 5.75 Å². The van der Waals surface area contributed by atoms with Crippen LogP contribution in [0.5, 0.6) is 5.75 Å². The lowest BCUT2D eigenvalue weighted by molar-refractivity contribution is -0.114. The van der Waals surface area contributed by atoms with E-state index in [1.165, 1.54) is 17.0 Å². The van der Waals surface area contributed by atoms with Gasteiger partial charge in [-0.05, 0) is 39.3 Å². The maximum atomic E-state index is 12.6. The Balaban J connectivity index is 2.56. The van der Waals surface area contributed by atoms with Gasteiger partial charge in [-0.1, -0.05) is 23.2 Å². The van der Waals surface area contributed by atoms with E-state index in [0.29, 0.717) is 16.5 Å². The molecule has 1 saturated heterocycles. The summed E-state index contributed by atoms with van der Waals surface area (Å²) >= 11 is 12.3. The lowest BCUT2D eigenvalue weighted by Gasteiger charge is -2.18. The Morgan fingerprint density at radius 3 is 2.22 bits per heavy atom. The van der Waals surface area contributed by atoms with Gasteiger partial charge in [-0.25, -0.2) is 9.69 Å². The number of hydrogen-bond donors (Lipinski definition) is 0. The molecule has 0 saturated carbocycles. The first kappa shape index (κ1) is 17.6. The Hall–Kier alpha value is -1.72. The number of carbonyl (C=O) groups excluding carboxylic acids is 2. The zero-order valence-electron chi connectivity index (χ0n) is 13.6. The number of anilines is 1. The number of amides is 3. The van der Waals surface area contributed by atoms with Crippen molar-refractivity contribution in [1.82, 2.24) is 4.90 Å². The molecule has 1 aliphatic heterocycles. The number of ether oxygens (including phenoxy) is 1. The maximum Gasteiger partial charge on any atom is 0.336 e. The van der Waals surface area contributed by atoms with Gasteiger partial charge in [0.15, 0.2) is 0 Å². The number of hydrogen-bond acceptors (Lipinski definition) is 3. The summed E-state index contributed by atoms with van der Waals surface area (Å²) in [4.78, 5) is 27.4. The lowest BCUT2D eigenvalue weighted by Crippen LogP contribution is -2.31. The summed E-state index contributed by atoms with van der Waals surface area (Å²) in [6, 6.07) is 2.52. The first-order valence-electron chi connectivity index (χ1n) is 7.10. The zero-order valence-corrected chi connectivity index (χ0v) is 15.1. The summed E-state index contributed by atoms with van der Waals surface area (Å²) in [5.41, 5.74) is 1.34. The number of benzene rings is 1. The second kappa shape index (κ2) is 6.42. The van der Waals surface area contributed by atoms with Gasteiger partial charge in [-0.15, -0.1) is 0 Å². The van der Waals surface area contributed by atoms with Crippen LogP contribution in [-0.4, -0.2) is 30.0 Å². The number of likely N-dealkylation sites (N-methyl/N-ethyl adjacent to an activating group) is 1. The maximum absolute atomic E-state index is 12.6. The van der Waals surface area contributed by atoms with Crippen molar-refractivity contribution < 1.29 is 14.3 Å². The number of imide groups is 1. The highest BCUT2D eigenvalue weighted by Crippen LogP contribution is 2.39. The minimum Gasteiger partial charge on any atom is -0.489 e. The van der Waals surface area contributed by atoms with Crippen LogP contribution in [0.2, 0.25) is 10.0 Å². The Bertz CT molecular complexity index is 710. The molecule has 1 aliphatic rings. The predicted molar refractivity (Wildman–Crippen MR) is 91.2 cm³/mol. The van der Waals surface area contributed by atoms with E-state index in [0.717, 1.165) is 10.5 Å². The van der Waals surface area contributed by atoms with Crippen molar-refractivity contribution in [2.45, 2.75) is 33.8 Å². The molecule has 0 aromatic heterocycles. The first-order chi connectivity index (χ1) is 10.6. The molecule has 0 radical (unpaired) electrons. The van der Waals surface area contributed by atoms with Gasteiger partial charge in [0.1, 0.15) is 11.4 Å². The van der Waals surface area contributed by atoms with Gasteiger partial charge in [-0.3, -0.25) is 9.69 Å². The van der Waals surface area contributed by atoms with E-state index in [1.54, 1.807) is 20.9 Å². The van der Waals surface area contributed by atoms with Gasteiger partial charge in [0.2, 0.25) is 0 Å². The van der Waals surface area contributed by atoms with Gasteiger partial charge >= 0.3 is 6.03 Å². The van der Waals surface area contributed by atoms with Gasteiger partial charge < -0.3 is 4.74 Å². The van der Waals surface area contributed by atoms with E-state index in [2.05, 4.69) is 0 Å². The molecule has 1 heterocycles. The summed E-state index contributed by atoms with van der Waals surface area (Å²) in [5, 5.41) is 0.526. The van der Waals surface area contributed by atoms with Crippen molar-refractivity contribution in [2.24, 2.45) is 0 Å². The molecule has 1 aromatic rings. The summed E-state index contributed by atoms with van der Waals surface area (Å²) < 4.78 is 5.61. The lowest BCUT2D eigenvalue weighted by atomic mass is 10.2. The Morgan fingerprint density at radius 1 is 1.13 bits per heavy atom. The minimum atomic E-state index is -0.467. The number of halogens is 2. The predicted octanol–water partition coefficient (Wildman–Crippen LogP) is 4.47. The average Bonchev–Trinajstić information content (AvgIpc) is 2.64. The summed E-state index contributed by atoms with van der Waals surface area (Å²) in [6.07, 6.45) is -0.109. The van der Waals surface area contributed by atoms with Crippen LogP contribution in [0.3, 0.4) is 0 Å². The Kier molecular flexibility index (Phi) is 4.92. The van der Waals surface area contributed by atoms with E-state index in [9.17, 15) is 9.59 Å². The first-order valence-corrected chi connectivity index (χ1v) is 7.86. The van der Waals surface area contributed by atoms with E-state index in [-0.39, 0.29) is 16.8 Å². The SMILES string of the molecule is CC(C)=C1C(=O)N(c2cc(OC(C)C)c(Cl)cc2Cl)C(=O)N1C. The molecule has 124 valence electrons. The number of urea groups is 1. The third-order valence-corrected chi connectivity index (χ3v) is 3.90. The monoisotopic (exact) mass is 356 g/mol. The molecule has 23 heavy (non-hydrogen) atoms. The van der Waals surface area contributed by atoms with Crippen molar-refractivity contribution in [3.63, 3.8) is 0 Å². The van der Waals surface area contributed by atoms with Crippen LogP contribution in [0.25, 0.3) is 0 Å². The fourth-order valence-electron chi connectivity index (χ4n) is 2.38. The largest absolute Gasteiger partial charge is 0.489 e. The highest BCUT2D eigenvalue weighted by molar-refractivity contribution is 6.39. The molecule has 0 aliphatic carbocycles. The molecule has 3 amide bonds. The molecule has 0 atom stereocenters. The molecular weight excluding hydrogens is 339 g/mol. The third-order valence-electron chi connectivity index (χ3n) is 3.30. The molecule has 0 unspecified atom stereocenters. The average molecular weight is 357 g/mol. The van der Waals surface area contributed by atoms with Gasteiger partial charge in [-0.2, -0.15) is 0 Å². The molecule has 1 fully saturated rings. The zero-order chi connectivity index (χ0) is 17.5. The summed E-state index contributed by atoms with van der Waals surface area (Å²) in [6.45, 7) is 7.26. The molecule has 1 aromatic carbocycles. The van der Waals surface area contributed by atoms with E-state index >= 15 is 0 Å². The molecule has 0 bridgehead atoms. The number of allylic oxidation sites excluding steroid dienone is 1. The van der Waals surface area contributed by atoms with Crippen molar-refractivity contribution >= 4 is 40.8 Å². The second-order valence-electron chi connectivity index (χ2n) is 5.73. The van der Waals surface area contributed by atoms with Crippen LogP contribution in [0, 0.1) is 0 Å². The van der Waals surface area contributed by atoms with Crippen molar-refractivity contribution in [3.05, 3.63) is 33.4 Å². The molecule has 7 heteroatoms. The molecule has 0 N–H and O–H groups in total. The normalized spacial score (nSPS) is 15.0. The van der Waals surface area contributed by atoms with Crippen molar-refractivity contribution in [1.29, 1.82) is 0 Å². The van der Waals surface area contributed by atoms with Gasteiger partial charge in [0.25, 0.3) is 5.91 Å². The molecule has 0 spiro atoms.